The maximum Gasteiger partial charge on any atom is 0.171 e. The highest BCUT2D eigenvalue weighted by atomic mass is 16.7. The van der Waals surface area contributed by atoms with Gasteiger partial charge >= 0.3 is 0 Å². The highest BCUT2D eigenvalue weighted by Crippen LogP contribution is 2.78. The Morgan fingerprint density at radius 2 is 1.96 bits per heavy atom. The normalized spacial score (nSPS) is 63.0. The molecule has 5 nitrogen and oxygen atoms in total. The highest BCUT2D eigenvalue weighted by Gasteiger charge is 2.86. The number of hydrogen-bond acceptors (Lipinski definition) is 5. The van der Waals surface area contributed by atoms with Crippen LogP contribution in [-0.2, 0) is 14.3 Å². The molecule has 10 atom stereocenters. The molecule has 0 aromatic carbocycles. The molecule has 2 unspecified atom stereocenters. The van der Waals surface area contributed by atoms with E-state index in [1.807, 2.05) is 0 Å². The van der Waals surface area contributed by atoms with E-state index in [0.29, 0.717) is 6.42 Å². The fraction of sp³-hybridized carbons (Fsp3) is 0.850. The monoisotopic (exact) mass is 346 g/mol. The summed E-state index contributed by atoms with van der Waals surface area (Å²) in [6.45, 7) is 8.42. The molecule has 2 heterocycles. The van der Waals surface area contributed by atoms with Gasteiger partial charge in [0, 0.05) is 11.8 Å². The van der Waals surface area contributed by atoms with E-state index in [1.165, 1.54) is 0 Å². The van der Waals surface area contributed by atoms with Crippen LogP contribution < -0.4 is 0 Å². The summed E-state index contributed by atoms with van der Waals surface area (Å²) in [5, 5.41) is 22.3. The Morgan fingerprint density at radius 3 is 2.72 bits per heavy atom. The lowest BCUT2D eigenvalue weighted by atomic mass is 9.37. The molecule has 0 radical (unpaired) electrons. The first-order chi connectivity index (χ1) is 11.8. The predicted molar refractivity (Wildman–Crippen MR) is 87.3 cm³/mol. The minimum absolute atomic E-state index is 0.0303. The highest BCUT2D eigenvalue weighted by molar-refractivity contribution is 5.93. The van der Waals surface area contributed by atoms with E-state index >= 15 is 0 Å². The average molecular weight is 346 g/mol. The number of ketones is 1. The number of rotatable bonds is 0. The Bertz CT molecular complexity index is 715. The molecule has 0 aromatic heterocycles. The fourth-order valence-corrected chi connectivity index (χ4v) is 8.22. The van der Waals surface area contributed by atoms with Crippen LogP contribution in [0.3, 0.4) is 0 Å². The van der Waals surface area contributed by atoms with E-state index in [2.05, 4.69) is 20.4 Å². The molecular formula is C20H26O5. The van der Waals surface area contributed by atoms with Gasteiger partial charge in [0.15, 0.2) is 12.1 Å². The first-order valence-corrected chi connectivity index (χ1v) is 9.66. The molecule has 6 rings (SSSR count). The molecule has 2 spiro atoms. The maximum absolute atomic E-state index is 13.5. The van der Waals surface area contributed by atoms with Gasteiger partial charge in [-0.1, -0.05) is 20.4 Å². The van der Waals surface area contributed by atoms with Gasteiger partial charge in [-0.15, -0.1) is 0 Å². The lowest BCUT2D eigenvalue weighted by molar-refractivity contribution is -0.382. The van der Waals surface area contributed by atoms with Gasteiger partial charge in [-0.05, 0) is 42.6 Å². The summed E-state index contributed by atoms with van der Waals surface area (Å²) < 4.78 is 12.4. The van der Waals surface area contributed by atoms with Crippen LogP contribution in [0, 0.1) is 34.0 Å². The number of carbonyl (C=O) groups excluding carboxylic acids is 1. The third-order valence-electron chi connectivity index (χ3n) is 8.96. The summed E-state index contributed by atoms with van der Waals surface area (Å²) in [5.74, 6) is -0.287. The Hall–Kier alpha value is -0.750. The molecule has 2 bridgehead atoms. The van der Waals surface area contributed by atoms with Gasteiger partial charge in [-0.3, -0.25) is 4.79 Å². The van der Waals surface area contributed by atoms with Gasteiger partial charge in [0.25, 0.3) is 0 Å². The van der Waals surface area contributed by atoms with Crippen molar-refractivity contribution in [3.05, 3.63) is 12.2 Å². The summed E-state index contributed by atoms with van der Waals surface area (Å²) >= 11 is 0. The second-order valence-electron chi connectivity index (χ2n) is 10.1. The standard InChI is InChI=1S/C20H26O5/c1-8-9-6-10-13-19(7-9,15(8)22)16(23)12(21)14-18(2,3)5-4-11-20(13,14)17(24-10)25-11/h9-15,17,21-22H,1,4-7H2,2-3H3/t9?,10-,11+,12+,13?,14-,15-,17-,19+,20-/m1/s1. The van der Waals surface area contributed by atoms with Crippen LogP contribution in [0.25, 0.3) is 0 Å². The van der Waals surface area contributed by atoms with Gasteiger partial charge < -0.3 is 19.7 Å². The summed E-state index contributed by atoms with van der Waals surface area (Å²) in [6.07, 6.45) is 0.998. The van der Waals surface area contributed by atoms with E-state index in [-0.39, 0.29) is 52.9 Å². The van der Waals surface area contributed by atoms with Crippen LogP contribution in [-0.4, -0.2) is 46.7 Å². The smallest absolute Gasteiger partial charge is 0.171 e. The molecule has 0 aromatic rings. The Labute approximate surface area is 147 Å². The molecule has 0 amide bonds. The zero-order chi connectivity index (χ0) is 17.5. The lowest BCUT2D eigenvalue weighted by Gasteiger charge is -2.70. The van der Waals surface area contributed by atoms with Gasteiger partial charge in [-0.25, -0.2) is 0 Å². The van der Waals surface area contributed by atoms with Crippen molar-refractivity contribution in [3.63, 3.8) is 0 Å². The van der Waals surface area contributed by atoms with Crippen molar-refractivity contribution in [2.24, 2.45) is 34.0 Å². The van der Waals surface area contributed by atoms with Crippen LogP contribution in [0.15, 0.2) is 12.2 Å². The third-order valence-corrected chi connectivity index (χ3v) is 8.96. The number of hydrogen-bond donors (Lipinski definition) is 2. The van der Waals surface area contributed by atoms with Crippen molar-refractivity contribution < 1.29 is 24.5 Å². The Balaban J connectivity index is 1.63. The van der Waals surface area contributed by atoms with Crippen LogP contribution in [0.5, 0.6) is 0 Å². The molecule has 4 saturated carbocycles. The molecule has 136 valence electrons. The third kappa shape index (κ3) is 1.29. The average Bonchev–Trinajstić information content (AvgIpc) is 2.89. The van der Waals surface area contributed by atoms with Crippen LogP contribution >= 0.6 is 0 Å². The number of carbonyl (C=O) groups is 1. The Morgan fingerprint density at radius 1 is 1.20 bits per heavy atom. The van der Waals surface area contributed by atoms with Gasteiger partial charge in [0.05, 0.1) is 29.1 Å². The maximum atomic E-state index is 13.5. The van der Waals surface area contributed by atoms with Crippen molar-refractivity contribution in [3.8, 4) is 0 Å². The van der Waals surface area contributed by atoms with Crippen molar-refractivity contribution in [2.45, 2.75) is 70.2 Å². The van der Waals surface area contributed by atoms with Crippen LogP contribution in [0.2, 0.25) is 0 Å². The lowest BCUT2D eigenvalue weighted by Crippen LogP contribution is -2.78. The topological polar surface area (TPSA) is 76.0 Å². The van der Waals surface area contributed by atoms with Crippen LogP contribution in [0.1, 0.15) is 39.5 Å². The largest absolute Gasteiger partial charge is 0.388 e. The Kier molecular flexibility index (Phi) is 2.49. The molecule has 4 aliphatic carbocycles. The van der Waals surface area contributed by atoms with Gasteiger partial charge in [0.2, 0.25) is 0 Å². The van der Waals surface area contributed by atoms with E-state index < -0.39 is 17.6 Å². The molecule has 5 heteroatoms. The predicted octanol–water partition coefficient (Wildman–Crippen LogP) is 1.42. The SMILES string of the molecule is C=C1C2C[C@H]3O[C@@H]4O[C@H]5CCC(C)(C)[C@H]6[C@H](O)C(=O)[C@@](C2)(C3[C@]456)[C@@H]1O. The number of fused-ring (bicyclic) bond motifs is 1. The second-order valence-corrected chi connectivity index (χ2v) is 10.1. The molecule has 6 fully saturated rings. The zero-order valence-corrected chi connectivity index (χ0v) is 14.8. The molecule has 6 aliphatic rings. The molecule has 2 aliphatic heterocycles. The summed E-state index contributed by atoms with van der Waals surface area (Å²) in [5.41, 5.74) is -0.650. The first-order valence-electron chi connectivity index (χ1n) is 9.66. The van der Waals surface area contributed by atoms with Gasteiger partial charge in [0.1, 0.15) is 6.10 Å². The summed E-state index contributed by atoms with van der Waals surface area (Å²) in [7, 11) is 0. The number of Topliss-reactive ketones (excluding diaryl/α,β-unsaturated/α-hetero) is 1. The van der Waals surface area contributed by atoms with E-state index in [1.54, 1.807) is 0 Å². The second kappa shape index (κ2) is 4.06. The van der Waals surface area contributed by atoms with Gasteiger partial charge in [-0.2, -0.15) is 0 Å². The van der Waals surface area contributed by atoms with Crippen molar-refractivity contribution >= 4 is 5.78 Å². The van der Waals surface area contributed by atoms with Crippen molar-refractivity contribution in [2.75, 3.05) is 0 Å². The summed E-state index contributed by atoms with van der Waals surface area (Å²) in [6, 6.07) is 0. The quantitative estimate of drug-likeness (QED) is 0.649. The van der Waals surface area contributed by atoms with E-state index in [4.69, 9.17) is 9.47 Å². The number of aliphatic hydroxyl groups excluding tert-OH is 2. The van der Waals surface area contributed by atoms with Crippen molar-refractivity contribution in [1.82, 2.24) is 0 Å². The minimum atomic E-state index is -1.05. The van der Waals surface area contributed by atoms with E-state index in [0.717, 1.165) is 24.8 Å². The molecule has 2 N–H and O–H groups in total. The van der Waals surface area contributed by atoms with E-state index in [9.17, 15) is 15.0 Å². The summed E-state index contributed by atoms with van der Waals surface area (Å²) in [4.78, 5) is 13.5. The minimum Gasteiger partial charge on any atom is -0.388 e. The molecular weight excluding hydrogens is 320 g/mol. The first kappa shape index (κ1) is 15.3. The zero-order valence-electron chi connectivity index (χ0n) is 14.8. The van der Waals surface area contributed by atoms with Crippen LogP contribution in [0.4, 0.5) is 0 Å². The van der Waals surface area contributed by atoms with Crippen molar-refractivity contribution in [1.29, 1.82) is 0 Å². The fourth-order valence-electron chi connectivity index (χ4n) is 8.22. The molecule has 25 heavy (non-hydrogen) atoms. The number of aliphatic hydroxyl groups is 2. The number of ether oxygens (including phenoxy) is 2. The molecule has 2 saturated heterocycles.